The van der Waals surface area contributed by atoms with E-state index in [1.54, 1.807) is 23.4 Å². The number of aryl methyl sites for hydroxylation is 1. The molecule has 0 unspecified atom stereocenters. The van der Waals surface area contributed by atoms with Gasteiger partial charge in [-0.15, -0.1) is 0 Å². The van der Waals surface area contributed by atoms with E-state index in [9.17, 15) is 13.2 Å². The molecule has 2 aromatic carbocycles. The minimum atomic E-state index is -3.64. The number of benzene rings is 2. The molecule has 2 aliphatic rings. The van der Waals surface area contributed by atoms with Gasteiger partial charge in [0.25, 0.3) is 5.91 Å². The third-order valence-electron chi connectivity index (χ3n) is 6.05. The summed E-state index contributed by atoms with van der Waals surface area (Å²) in [6.07, 6.45) is 3.83. The van der Waals surface area contributed by atoms with Crippen LogP contribution in [0.5, 0.6) is 11.5 Å². The van der Waals surface area contributed by atoms with Crippen molar-refractivity contribution in [1.82, 2.24) is 9.62 Å². The van der Waals surface area contributed by atoms with Gasteiger partial charge >= 0.3 is 0 Å². The Kier molecular flexibility index (Phi) is 6.71. The first kappa shape index (κ1) is 22.6. The second kappa shape index (κ2) is 9.50. The molecule has 0 aliphatic carbocycles. The third-order valence-corrected chi connectivity index (χ3v) is 8.09. The molecule has 0 radical (unpaired) electrons. The number of rotatable bonds is 5. The van der Waals surface area contributed by atoms with E-state index in [1.807, 2.05) is 25.1 Å². The summed E-state index contributed by atoms with van der Waals surface area (Å²) in [5.41, 5.74) is 1.85. The Morgan fingerprint density at radius 3 is 2.38 bits per heavy atom. The van der Waals surface area contributed by atoms with Gasteiger partial charge in [0.15, 0.2) is 11.5 Å². The molecule has 4 rings (SSSR count). The highest BCUT2D eigenvalue weighted by molar-refractivity contribution is 7.89. The van der Waals surface area contributed by atoms with Gasteiger partial charge in [-0.25, -0.2) is 8.42 Å². The first-order valence-electron chi connectivity index (χ1n) is 11.2. The van der Waals surface area contributed by atoms with Crippen LogP contribution in [-0.4, -0.2) is 44.9 Å². The number of hydrogen-bond donors (Lipinski definition) is 1. The largest absolute Gasteiger partial charge is 0.486 e. The SMILES string of the molecule is Cc1ccc(C(=O)N[C@H](C)c2ccc3c(c2)OCCO3)cc1S(=O)(=O)N1CCCCCC1. The van der Waals surface area contributed by atoms with Crippen LogP contribution in [0.15, 0.2) is 41.3 Å². The molecule has 2 aliphatic heterocycles. The number of nitrogens with zero attached hydrogens (tertiary/aromatic N) is 1. The van der Waals surface area contributed by atoms with Gasteiger partial charge < -0.3 is 14.8 Å². The zero-order chi connectivity index (χ0) is 22.7. The lowest BCUT2D eigenvalue weighted by Crippen LogP contribution is -2.33. The van der Waals surface area contributed by atoms with Crippen LogP contribution in [-0.2, 0) is 10.0 Å². The molecule has 1 amide bonds. The fourth-order valence-electron chi connectivity index (χ4n) is 4.13. The molecule has 0 bridgehead atoms. The van der Waals surface area contributed by atoms with E-state index >= 15 is 0 Å². The van der Waals surface area contributed by atoms with Crippen LogP contribution in [0.4, 0.5) is 0 Å². The normalized spacial score (nSPS) is 17.9. The lowest BCUT2D eigenvalue weighted by atomic mass is 10.1. The first-order valence-corrected chi connectivity index (χ1v) is 12.6. The topological polar surface area (TPSA) is 84.9 Å². The summed E-state index contributed by atoms with van der Waals surface area (Å²) in [7, 11) is -3.64. The fraction of sp³-hybridized carbons (Fsp3) is 0.458. The number of amides is 1. The predicted octanol–water partition coefficient (Wildman–Crippen LogP) is 3.82. The molecular weight excluding hydrogens is 428 g/mol. The highest BCUT2D eigenvalue weighted by Gasteiger charge is 2.27. The smallest absolute Gasteiger partial charge is 0.251 e. The zero-order valence-electron chi connectivity index (χ0n) is 18.6. The third kappa shape index (κ3) is 4.76. The Morgan fingerprint density at radius 2 is 1.66 bits per heavy atom. The minimum Gasteiger partial charge on any atom is -0.486 e. The molecule has 32 heavy (non-hydrogen) atoms. The number of fused-ring (bicyclic) bond motifs is 1. The standard InChI is InChI=1S/C24H30N2O5S/c1-17-7-8-20(16-23(17)32(28,29)26-11-5-3-4-6-12-26)24(27)25-18(2)19-9-10-21-22(15-19)31-14-13-30-21/h7-10,15-16,18H,3-6,11-14H2,1-2H3,(H,25,27)/t18-/m1/s1. The second-order valence-electron chi connectivity index (χ2n) is 8.40. The molecule has 1 saturated heterocycles. The van der Waals surface area contributed by atoms with Gasteiger partial charge in [-0.2, -0.15) is 4.31 Å². The van der Waals surface area contributed by atoms with Crippen molar-refractivity contribution in [2.45, 2.75) is 50.5 Å². The molecule has 8 heteroatoms. The summed E-state index contributed by atoms with van der Waals surface area (Å²) < 4.78 is 39.3. The van der Waals surface area contributed by atoms with Crippen LogP contribution >= 0.6 is 0 Å². The van der Waals surface area contributed by atoms with Gasteiger partial charge in [-0.1, -0.05) is 25.0 Å². The van der Waals surface area contributed by atoms with Crippen molar-refractivity contribution in [2.24, 2.45) is 0 Å². The highest BCUT2D eigenvalue weighted by atomic mass is 32.2. The second-order valence-corrected chi connectivity index (χ2v) is 10.3. The predicted molar refractivity (Wildman–Crippen MR) is 122 cm³/mol. The van der Waals surface area contributed by atoms with Crippen LogP contribution in [0.25, 0.3) is 0 Å². The number of ether oxygens (including phenoxy) is 2. The van der Waals surface area contributed by atoms with Crippen molar-refractivity contribution in [3.8, 4) is 11.5 Å². The maximum atomic E-state index is 13.3. The Labute approximate surface area is 189 Å². The van der Waals surface area contributed by atoms with Crippen molar-refractivity contribution in [3.63, 3.8) is 0 Å². The average molecular weight is 459 g/mol. The molecule has 2 heterocycles. The van der Waals surface area contributed by atoms with Gasteiger partial charge in [0.1, 0.15) is 13.2 Å². The molecule has 0 aromatic heterocycles. The summed E-state index contributed by atoms with van der Waals surface area (Å²) in [4.78, 5) is 13.2. The van der Waals surface area contributed by atoms with E-state index in [0.717, 1.165) is 31.2 Å². The number of sulfonamides is 1. The van der Waals surface area contributed by atoms with Crippen LogP contribution < -0.4 is 14.8 Å². The van der Waals surface area contributed by atoms with E-state index in [1.165, 1.54) is 6.07 Å². The van der Waals surface area contributed by atoms with Crippen molar-refractivity contribution >= 4 is 15.9 Å². The maximum absolute atomic E-state index is 13.3. The fourth-order valence-corrected chi connectivity index (χ4v) is 5.90. The van der Waals surface area contributed by atoms with Crippen molar-refractivity contribution in [3.05, 3.63) is 53.1 Å². The van der Waals surface area contributed by atoms with E-state index in [0.29, 0.717) is 48.9 Å². The monoisotopic (exact) mass is 458 g/mol. The number of nitrogens with one attached hydrogen (secondary N) is 1. The molecule has 2 aromatic rings. The van der Waals surface area contributed by atoms with E-state index in [4.69, 9.17) is 9.47 Å². The van der Waals surface area contributed by atoms with Crippen LogP contribution in [0.3, 0.4) is 0 Å². The lowest BCUT2D eigenvalue weighted by Gasteiger charge is -2.22. The van der Waals surface area contributed by atoms with Crippen molar-refractivity contribution in [2.75, 3.05) is 26.3 Å². The van der Waals surface area contributed by atoms with Gasteiger partial charge in [-0.3, -0.25) is 4.79 Å². The summed E-state index contributed by atoms with van der Waals surface area (Å²) >= 11 is 0. The van der Waals surface area contributed by atoms with Gasteiger partial charge in [0, 0.05) is 18.7 Å². The molecule has 172 valence electrons. The Morgan fingerprint density at radius 1 is 0.969 bits per heavy atom. The quantitative estimate of drug-likeness (QED) is 0.736. The van der Waals surface area contributed by atoms with Gasteiger partial charge in [-0.05, 0) is 62.1 Å². The maximum Gasteiger partial charge on any atom is 0.251 e. The Bertz CT molecular complexity index is 1090. The average Bonchev–Trinajstić information content (AvgIpc) is 3.09. The molecule has 0 spiro atoms. The summed E-state index contributed by atoms with van der Waals surface area (Å²) in [6.45, 7) is 5.72. The van der Waals surface area contributed by atoms with Gasteiger partial charge in [0.2, 0.25) is 10.0 Å². The van der Waals surface area contributed by atoms with E-state index in [2.05, 4.69) is 5.32 Å². The molecular formula is C24H30N2O5S. The molecule has 7 nitrogen and oxygen atoms in total. The minimum absolute atomic E-state index is 0.207. The lowest BCUT2D eigenvalue weighted by molar-refractivity contribution is 0.0939. The van der Waals surface area contributed by atoms with Crippen molar-refractivity contribution < 1.29 is 22.7 Å². The highest BCUT2D eigenvalue weighted by Crippen LogP contribution is 2.32. The first-order chi connectivity index (χ1) is 15.4. The number of carbonyl (C=O) groups is 1. The number of carbonyl (C=O) groups excluding carboxylic acids is 1. The Balaban J connectivity index is 1.53. The summed E-state index contributed by atoms with van der Waals surface area (Å²) in [5.74, 6) is 1.04. The molecule has 0 saturated carbocycles. The number of hydrogen-bond acceptors (Lipinski definition) is 5. The zero-order valence-corrected chi connectivity index (χ0v) is 19.4. The van der Waals surface area contributed by atoms with Crippen molar-refractivity contribution in [1.29, 1.82) is 0 Å². The Hall–Kier alpha value is -2.58. The molecule has 1 atom stereocenters. The molecule has 1 N–H and O–H groups in total. The molecule has 1 fully saturated rings. The van der Waals surface area contributed by atoms with Crippen LogP contribution in [0.1, 0.15) is 60.1 Å². The van der Waals surface area contributed by atoms with E-state index in [-0.39, 0.29) is 16.8 Å². The summed E-state index contributed by atoms with van der Waals surface area (Å²) in [6, 6.07) is 10.2. The van der Waals surface area contributed by atoms with Gasteiger partial charge in [0.05, 0.1) is 10.9 Å². The summed E-state index contributed by atoms with van der Waals surface area (Å²) in [5, 5.41) is 2.96. The van der Waals surface area contributed by atoms with E-state index < -0.39 is 10.0 Å². The van der Waals surface area contributed by atoms with Crippen LogP contribution in [0, 0.1) is 6.92 Å². The van der Waals surface area contributed by atoms with Crippen LogP contribution in [0.2, 0.25) is 0 Å².